The third-order valence-corrected chi connectivity index (χ3v) is 6.03. The maximum atomic E-state index is 13.1. The Morgan fingerprint density at radius 1 is 0.811 bits per heavy atom. The molecule has 0 spiro atoms. The van der Waals surface area contributed by atoms with Crippen LogP contribution in [0.2, 0.25) is 0 Å². The van der Waals surface area contributed by atoms with Crippen LogP contribution in [0, 0.1) is 11.3 Å². The number of nitriles is 1. The molecule has 0 aliphatic carbocycles. The summed E-state index contributed by atoms with van der Waals surface area (Å²) in [6, 6.07) is 26.0. The van der Waals surface area contributed by atoms with Crippen LogP contribution in [0.25, 0.3) is 0 Å². The van der Waals surface area contributed by atoms with E-state index in [0.29, 0.717) is 22.4 Å². The van der Waals surface area contributed by atoms with Crippen molar-refractivity contribution in [2.45, 2.75) is 5.92 Å². The van der Waals surface area contributed by atoms with Gasteiger partial charge >= 0.3 is 11.9 Å². The number of hydrogen-bond acceptors (Lipinski definition) is 8. The van der Waals surface area contributed by atoms with E-state index < -0.39 is 17.9 Å². The minimum atomic E-state index is -0.956. The van der Waals surface area contributed by atoms with Crippen molar-refractivity contribution in [1.82, 2.24) is 0 Å². The quantitative estimate of drug-likeness (QED) is 0.406. The van der Waals surface area contributed by atoms with E-state index >= 15 is 0 Å². The van der Waals surface area contributed by atoms with E-state index in [1.165, 1.54) is 19.1 Å². The van der Waals surface area contributed by atoms with Crippen LogP contribution in [0.15, 0.2) is 108 Å². The lowest BCUT2D eigenvalue weighted by atomic mass is 9.81. The topological polar surface area (TPSA) is 123 Å². The minimum absolute atomic E-state index is 0.0495. The second-order valence-electron chi connectivity index (χ2n) is 8.08. The van der Waals surface area contributed by atoms with Gasteiger partial charge in [0.2, 0.25) is 0 Å². The van der Waals surface area contributed by atoms with Crippen molar-refractivity contribution in [2.24, 2.45) is 5.73 Å². The van der Waals surface area contributed by atoms with Gasteiger partial charge in [-0.3, -0.25) is 9.69 Å². The minimum Gasteiger partial charge on any atom is -0.466 e. The number of ketones is 1. The van der Waals surface area contributed by atoms with Crippen LogP contribution in [-0.2, 0) is 19.1 Å². The van der Waals surface area contributed by atoms with E-state index in [2.05, 4.69) is 6.07 Å². The highest BCUT2D eigenvalue weighted by Crippen LogP contribution is 2.43. The molecule has 37 heavy (non-hydrogen) atoms. The number of benzene rings is 3. The highest BCUT2D eigenvalue weighted by Gasteiger charge is 2.42. The van der Waals surface area contributed by atoms with Crippen molar-refractivity contribution >= 4 is 23.4 Å². The number of allylic oxidation sites excluding steroid dienone is 1. The number of anilines is 1. The Bertz CT molecular complexity index is 1450. The van der Waals surface area contributed by atoms with Crippen LogP contribution in [-0.4, -0.2) is 31.9 Å². The number of methoxy groups -OCH3 is 2. The Labute approximate surface area is 213 Å². The Hall–Kier alpha value is -5.16. The molecule has 3 aromatic carbocycles. The Morgan fingerprint density at radius 3 is 1.89 bits per heavy atom. The number of nitrogens with two attached hydrogens (primary N) is 1. The second kappa shape index (κ2) is 10.6. The molecule has 2 N–H and O–H groups in total. The fraction of sp³-hybridized carbons (Fsp3) is 0.103. The smallest absolute Gasteiger partial charge is 0.355 e. The summed E-state index contributed by atoms with van der Waals surface area (Å²) >= 11 is 0. The SMILES string of the molecule is COC(=O)C1=C(C(=O)OC)N(c2ccc(C(=O)c3ccccc3)cc2)C(N)=C(C#N)C1c1ccccc1. The molecule has 1 unspecified atom stereocenters. The fourth-order valence-corrected chi connectivity index (χ4v) is 4.30. The summed E-state index contributed by atoms with van der Waals surface area (Å²) in [6.07, 6.45) is 0. The van der Waals surface area contributed by atoms with Crippen molar-refractivity contribution in [1.29, 1.82) is 5.26 Å². The third kappa shape index (κ3) is 4.58. The number of rotatable bonds is 6. The Morgan fingerprint density at radius 2 is 1.35 bits per heavy atom. The van der Waals surface area contributed by atoms with Gasteiger partial charge in [0.1, 0.15) is 11.5 Å². The largest absolute Gasteiger partial charge is 0.466 e. The highest BCUT2D eigenvalue weighted by atomic mass is 16.5. The van der Waals surface area contributed by atoms with E-state index in [-0.39, 0.29) is 28.4 Å². The summed E-state index contributed by atoms with van der Waals surface area (Å²) in [4.78, 5) is 40.4. The molecule has 1 atom stereocenters. The zero-order valence-corrected chi connectivity index (χ0v) is 20.2. The van der Waals surface area contributed by atoms with Gasteiger partial charge in [-0.2, -0.15) is 5.26 Å². The van der Waals surface area contributed by atoms with Crippen LogP contribution in [0.3, 0.4) is 0 Å². The number of hydrogen-bond donors (Lipinski definition) is 1. The second-order valence-corrected chi connectivity index (χ2v) is 8.08. The van der Waals surface area contributed by atoms with Crippen molar-refractivity contribution in [3.05, 3.63) is 124 Å². The number of carbonyl (C=O) groups is 3. The zero-order chi connectivity index (χ0) is 26.5. The number of carbonyl (C=O) groups excluding carboxylic acids is 3. The summed E-state index contributed by atoms with van der Waals surface area (Å²) in [6.45, 7) is 0. The van der Waals surface area contributed by atoms with Crippen molar-refractivity contribution in [2.75, 3.05) is 19.1 Å². The molecule has 0 radical (unpaired) electrons. The average molecular weight is 494 g/mol. The van der Waals surface area contributed by atoms with Crippen molar-refractivity contribution in [3.8, 4) is 6.07 Å². The first-order valence-corrected chi connectivity index (χ1v) is 11.3. The molecule has 1 aliphatic rings. The molecule has 8 nitrogen and oxygen atoms in total. The van der Waals surface area contributed by atoms with Crippen LogP contribution in [0.5, 0.6) is 0 Å². The molecule has 0 amide bonds. The van der Waals surface area contributed by atoms with E-state index in [9.17, 15) is 19.6 Å². The number of esters is 2. The van der Waals surface area contributed by atoms with Gasteiger partial charge in [0.15, 0.2) is 5.78 Å². The van der Waals surface area contributed by atoms with Crippen molar-refractivity contribution in [3.63, 3.8) is 0 Å². The van der Waals surface area contributed by atoms with Gasteiger partial charge in [-0.15, -0.1) is 0 Å². The summed E-state index contributed by atoms with van der Waals surface area (Å²) in [5.74, 6) is -2.84. The standard InChI is InChI=1S/C29H23N3O5/c1-36-28(34)24-23(18-9-5-3-6-10-18)22(17-30)27(31)32(25(24)29(35)37-2)21-15-13-20(14-16-21)26(33)19-11-7-4-8-12-19/h3-16,23H,31H2,1-2H3. The molecule has 4 rings (SSSR count). The summed E-state index contributed by atoms with van der Waals surface area (Å²) in [5, 5.41) is 10.1. The molecule has 0 bridgehead atoms. The lowest BCUT2D eigenvalue weighted by molar-refractivity contribution is -0.139. The number of ether oxygens (including phenoxy) is 2. The summed E-state index contributed by atoms with van der Waals surface area (Å²) in [7, 11) is 2.37. The first-order valence-electron chi connectivity index (χ1n) is 11.3. The lowest BCUT2D eigenvalue weighted by Crippen LogP contribution is -2.40. The first-order chi connectivity index (χ1) is 17.9. The van der Waals surface area contributed by atoms with E-state index in [0.717, 1.165) is 0 Å². The van der Waals surface area contributed by atoms with Crippen LogP contribution in [0.4, 0.5) is 5.69 Å². The van der Waals surface area contributed by atoms with Gasteiger partial charge in [-0.05, 0) is 29.8 Å². The molecule has 0 fully saturated rings. The first kappa shape index (κ1) is 24.9. The fourth-order valence-electron chi connectivity index (χ4n) is 4.30. The molecule has 0 aromatic heterocycles. The third-order valence-electron chi connectivity index (χ3n) is 6.03. The summed E-state index contributed by atoms with van der Waals surface area (Å²) in [5.41, 5.74) is 8.14. The molecule has 3 aromatic rings. The maximum absolute atomic E-state index is 13.1. The van der Waals surface area contributed by atoms with Crippen molar-refractivity contribution < 1.29 is 23.9 Å². The van der Waals surface area contributed by atoms with E-state index in [4.69, 9.17) is 15.2 Å². The molecule has 184 valence electrons. The van der Waals surface area contributed by atoms with Crippen LogP contribution in [0.1, 0.15) is 27.4 Å². The molecule has 0 saturated carbocycles. The zero-order valence-electron chi connectivity index (χ0n) is 20.2. The highest BCUT2D eigenvalue weighted by molar-refractivity contribution is 6.09. The van der Waals surface area contributed by atoms with Gasteiger partial charge < -0.3 is 15.2 Å². The van der Waals surface area contributed by atoms with Crippen LogP contribution < -0.4 is 10.6 Å². The van der Waals surface area contributed by atoms with Gasteiger partial charge in [0.05, 0.1) is 37.4 Å². The van der Waals surface area contributed by atoms with Gasteiger partial charge in [0.25, 0.3) is 0 Å². The molecule has 0 saturated heterocycles. The lowest BCUT2D eigenvalue weighted by Gasteiger charge is -2.35. The Kier molecular flexibility index (Phi) is 7.16. The van der Waals surface area contributed by atoms with Crippen LogP contribution >= 0.6 is 0 Å². The predicted molar refractivity (Wildman–Crippen MR) is 136 cm³/mol. The molecule has 1 aliphatic heterocycles. The summed E-state index contributed by atoms with van der Waals surface area (Å²) < 4.78 is 10.1. The van der Waals surface area contributed by atoms with E-state index in [1.807, 2.05) is 6.07 Å². The molecular formula is C29H23N3O5. The molecular weight excluding hydrogens is 470 g/mol. The van der Waals surface area contributed by atoms with Gasteiger partial charge in [-0.1, -0.05) is 60.7 Å². The Balaban J connectivity index is 1.91. The van der Waals surface area contributed by atoms with Gasteiger partial charge in [0, 0.05) is 16.8 Å². The normalized spacial score (nSPS) is 15.2. The molecule has 1 heterocycles. The number of nitrogens with zero attached hydrogens (tertiary/aromatic N) is 2. The maximum Gasteiger partial charge on any atom is 0.355 e. The van der Waals surface area contributed by atoms with Gasteiger partial charge in [-0.25, -0.2) is 9.59 Å². The van der Waals surface area contributed by atoms with E-state index in [1.54, 1.807) is 78.9 Å². The molecule has 8 heteroatoms. The average Bonchev–Trinajstić information content (AvgIpc) is 2.96. The monoisotopic (exact) mass is 493 g/mol. The predicted octanol–water partition coefficient (Wildman–Crippen LogP) is 3.82.